The Labute approximate surface area is 193 Å². The van der Waals surface area contributed by atoms with Crippen LogP contribution in [-0.4, -0.2) is 0 Å². The van der Waals surface area contributed by atoms with Crippen LogP contribution in [-0.2, 0) is 0 Å². The van der Waals surface area contributed by atoms with Crippen LogP contribution >= 0.6 is 0 Å². The highest BCUT2D eigenvalue weighted by Crippen LogP contribution is 2.42. The molecule has 4 atom stereocenters. The van der Waals surface area contributed by atoms with Gasteiger partial charge in [0.25, 0.3) is 0 Å². The van der Waals surface area contributed by atoms with Crippen molar-refractivity contribution in [1.29, 1.82) is 0 Å². The average molecular weight is 421 g/mol. The van der Waals surface area contributed by atoms with E-state index in [4.69, 9.17) is 0 Å². The SMILES string of the molecule is CC=C(CCC)CCC1CC=C2C=C(CCC(C)C)C3C=CCC=CC(C3)C(CC2)C1. The van der Waals surface area contributed by atoms with E-state index in [1.807, 2.05) is 0 Å². The molecule has 0 heteroatoms. The Morgan fingerprint density at radius 3 is 2.74 bits per heavy atom. The fourth-order valence-electron chi connectivity index (χ4n) is 6.00. The van der Waals surface area contributed by atoms with E-state index < -0.39 is 0 Å². The van der Waals surface area contributed by atoms with Crippen molar-refractivity contribution in [1.82, 2.24) is 0 Å². The van der Waals surface area contributed by atoms with Gasteiger partial charge < -0.3 is 0 Å². The Morgan fingerprint density at radius 2 is 1.97 bits per heavy atom. The molecule has 172 valence electrons. The van der Waals surface area contributed by atoms with Gasteiger partial charge in [-0.05, 0) is 107 Å². The van der Waals surface area contributed by atoms with Crippen LogP contribution < -0.4 is 0 Å². The summed E-state index contributed by atoms with van der Waals surface area (Å²) in [7, 11) is 0. The summed E-state index contributed by atoms with van der Waals surface area (Å²) in [5, 5.41) is 0. The summed E-state index contributed by atoms with van der Waals surface area (Å²) in [6, 6.07) is 0. The molecule has 0 aromatic rings. The van der Waals surface area contributed by atoms with E-state index in [0.29, 0.717) is 5.92 Å². The topological polar surface area (TPSA) is 0 Å². The average Bonchev–Trinajstić information content (AvgIpc) is 2.76. The molecule has 0 fully saturated rings. The zero-order valence-electron chi connectivity index (χ0n) is 20.9. The second-order valence-electron chi connectivity index (χ2n) is 10.9. The van der Waals surface area contributed by atoms with E-state index in [-0.39, 0.29) is 0 Å². The van der Waals surface area contributed by atoms with Crippen LogP contribution in [0.25, 0.3) is 0 Å². The third-order valence-corrected chi connectivity index (χ3v) is 8.02. The third kappa shape index (κ3) is 7.65. The van der Waals surface area contributed by atoms with Gasteiger partial charge in [0.15, 0.2) is 0 Å². The number of rotatable bonds is 8. The molecule has 31 heavy (non-hydrogen) atoms. The van der Waals surface area contributed by atoms with E-state index in [0.717, 1.165) is 30.1 Å². The number of fused-ring (bicyclic) bond motifs is 6. The van der Waals surface area contributed by atoms with Gasteiger partial charge in [0.2, 0.25) is 0 Å². The van der Waals surface area contributed by atoms with Gasteiger partial charge in [-0.2, -0.15) is 0 Å². The maximum absolute atomic E-state index is 2.65. The van der Waals surface area contributed by atoms with Crippen molar-refractivity contribution in [3.8, 4) is 0 Å². The van der Waals surface area contributed by atoms with Crippen molar-refractivity contribution in [2.24, 2.45) is 29.6 Å². The predicted octanol–water partition coefficient (Wildman–Crippen LogP) is 9.76. The molecule has 3 aliphatic rings. The molecule has 0 nitrogen and oxygen atoms in total. The van der Waals surface area contributed by atoms with Crippen LogP contribution in [0, 0.1) is 29.6 Å². The summed E-state index contributed by atoms with van der Waals surface area (Å²) in [6.07, 6.45) is 33.4. The second kappa shape index (κ2) is 12.7. The summed E-state index contributed by atoms with van der Waals surface area (Å²) >= 11 is 0. The molecule has 0 aromatic carbocycles. The first-order chi connectivity index (χ1) is 15.1. The van der Waals surface area contributed by atoms with E-state index in [1.54, 1.807) is 16.7 Å². The minimum atomic E-state index is 0.647. The highest BCUT2D eigenvalue weighted by molar-refractivity contribution is 5.29. The van der Waals surface area contributed by atoms with Crippen LogP contribution in [0.2, 0.25) is 0 Å². The fraction of sp³-hybridized carbons (Fsp3) is 0.677. The van der Waals surface area contributed by atoms with Crippen molar-refractivity contribution in [2.75, 3.05) is 0 Å². The smallest absolute Gasteiger partial charge is 0.00143 e. The molecular weight excluding hydrogens is 372 g/mol. The summed E-state index contributed by atoms with van der Waals surface area (Å²) in [5.41, 5.74) is 5.05. The van der Waals surface area contributed by atoms with Gasteiger partial charge in [-0.25, -0.2) is 0 Å². The Bertz CT molecular complexity index is 696. The molecule has 0 aromatic heterocycles. The molecule has 4 bridgehead atoms. The monoisotopic (exact) mass is 420 g/mol. The number of hydrogen-bond donors (Lipinski definition) is 0. The van der Waals surface area contributed by atoms with Gasteiger partial charge in [0.1, 0.15) is 0 Å². The highest BCUT2D eigenvalue weighted by Gasteiger charge is 2.29. The van der Waals surface area contributed by atoms with Gasteiger partial charge in [-0.1, -0.05) is 86.4 Å². The lowest BCUT2D eigenvalue weighted by Crippen LogP contribution is -2.21. The lowest BCUT2D eigenvalue weighted by Gasteiger charge is -2.32. The molecule has 0 saturated carbocycles. The Kier molecular flexibility index (Phi) is 9.95. The normalized spacial score (nSPS) is 29.3. The first-order valence-electron chi connectivity index (χ1n) is 13.5. The molecule has 0 heterocycles. The van der Waals surface area contributed by atoms with Crippen LogP contribution in [0.3, 0.4) is 0 Å². The van der Waals surface area contributed by atoms with E-state index in [2.05, 4.69) is 70.2 Å². The Balaban J connectivity index is 1.84. The maximum atomic E-state index is 2.65. The van der Waals surface area contributed by atoms with Crippen LogP contribution in [0.5, 0.6) is 0 Å². The summed E-state index contributed by atoms with van der Waals surface area (Å²) < 4.78 is 0. The van der Waals surface area contributed by atoms with E-state index in [9.17, 15) is 0 Å². The molecule has 3 rings (SSSR count). The van der Waals surface area contributed by atoms with Crippen molar-refractivity contribution in [2.45, 2.75) is 105 Å². The first-order valence-corrected chi connectivity index (χ1v) is 13.5. The van der Waals surface area contributed by atoms with Crippen LogP contribution in [0.4, 0.5) is 0 Å². The lowest BCUT2D eigenvalue weighted by molar-refractivity contribution is 0.256. The van der Waals surface area contributed by atoms with Gasteiger partial charge in [-0.3, -0.25) is 0 Å². The quantitative estimate of drug-likeness (QED) is 0.343. The minimum Gasteiger partial charge on any atom is -0.0885 e. The van der Waals surface area contributed by atoms with Gasteiger partial charge in [0, 0.05) is 0 Å². The molecule has 0 radical (unpaired) electrons. The van der Waals surface area contributed by atoms with Crippen LogP contribution in [0.15, 0.2) is 59.3 Å². The molecule has 0 spiro atoms. The molecular formula is C31H48. The maximum Gasteiger partial charge on any atom is -0.00143 e. The van der Waals surface area contributed by atoms with Crippen molar-refractivity contribution in [3.05, 3.63) is 59.3 Å². The highest BCUT2D eigenvalue weighted by atomic mass is 14.3. The number of allylic oxidation sites excluding steroid dienone is 10. The Hall–Kier alpha value is -1.30. The first kappa shape index (κ1) is 24.3. The van der Waals surface area contributed by atoms with Crippen molar-refractivity contribution < 1.29 is 0 Å². The summed E-state index contributed by atoms with van der Waals surface area (Å²) in [6.45, 7) is 9.30. The molecule has 0 saturated heterocycles. The molecule has 3 aliphatic carbocycles. The van der Waals surface area contributed by atoms with Gasteiger partial charge >= 0.3 is 0 Å². The van der Waals surface area contributed by atoms with Gasteiger partial charge in [0.05, 0.1) is 0 Å². The second-order valence-corrected chi connectivity index (χ2v) is 10.9. The zero-order chi connectivity index (χ0) is 22.1. The largest absolute Gasteiger partial charge is 0.0885 e. The molecule has 4 unspecified atom stereocenters. The summed E-state index contributed by atoms with van der Waals surface area (Å²) in [4.78, 5) is 0. The predicted molar refractivity (Wildman–Crippen MR) is 138 cm³/mol. The molecule has 0 aliphatic heterocycles. The standard InChI is InChI=1S/C31H48/c1-5-10-25(6-2)14-15-26-16-17-27-18-20-31(21-26)29-12-9-7-8-11-28(23-29)30(22-27)19-13-24(3)4/h6,8-9,11-12,17,22,24,26,28-29,31H,5,7,10,13-16,18-21,23H2,1-4H3. The lowest BCUT2D eigenvalue weighted by atomic mass is 9.73. The van der Waals surface area contributed by atoms with Gasteiger partial charge in [-0.15, -0.1) is 0 Å². The van der Waals surface area contributed by atoms with E-state index in [1.165, 1.54) is 70.6 Å². The zero-order valence-corrected chi connectivity index (χ0v) is 20.9. The Morgan fingerprint density at radius 1 is 1.13 bits per heavy atom. The fourth-order valence-corrected chi connectivity index (χ4v) is 6.00. The third-order valence-electron chi connectivity index (χ3n) is 8.02. The molecule has 0 N–H and O–H groups in total. The minimum absolute atomic E-state index is 0.647. The van der Waals surface area contributed by atoms with Crippen LogP contribution in [0.1, 0.15) is 105 Å². The van der Waals surface area contributed by atoms with Crippen molar-refractivity contribution >= 4 is 0 Å². The number of hydrogen-bond acceptors (Lipinski definition) is 0. The van der Waals surface area contributed by atoms with Crippen molar-refractivity contribution in [3.63, 3.8) is 0 Å². The summed E-state index contributed by atoms with van der Waals surface area (Å²) in [5.74, 6) is 3.90. The van der Waals surface area contributed by atoms with E-state index >= 15 is 0 Å². The molecule has 0 amide bonds.